The minimum Gasteiger partial charge on any atom is -0.0654 e. The normalized spacial score (nSPS) is 33.0. The third-order valence-corrected chi connectivity index (χ3v) is 5.19. The van der Waals surface area contributed by atoms with Crippen LogP contribution in [0.4, 0.5) is 0 Å². The van der Waals surface area contributed by atoms with Crippen molar-refractivity contribution in [1.82, 2.24) is 0 Å². The van der Waals surface area contributed by atoms with Gasteiger partial charge >= 0.3 is 0 Å². The standard InChI is InChI=1S/C9H20Si/c1-3-4-5-6-7-9-8(2)10-9/h8-9H,3-7,10H2,1-2H3. The van der Waals surface area contributed by atoms with E-state index in [4.69, 9.17) is 0 Å². The van der Waals surface area contributed by atoms with Crippen molar-refractivity contribution in [2.75, 3.05) is 0 Å². The van der Waals surface area contributed by atoms with E-state index >= 15 is 0 Å². The fraction of sp³-hybridized carbons (Fsp3) is 1.00. The summed E-state index contributed by atoms with van der Waals surface area (Å²) < 4.78 is 0. The van der Waals surface area contributed by atoms with Gasteiger partial charge in [0.1, 0.15) is 0 Å². The zero-order valence-corrected chi connectivity index (χ0v) is 8.81. The predicted molar refractivity (Wildman–Crippen MR) is 50.5 cm³/mol. The van der Waals surface area contributed by atoms with E-state index in [1.54, 1.807) is 6.42 Å². The molecule has 0 aromatic heterocycles. The Kier molecular flexibility index (Phi) is 3.47. The third kappa shape index (κ3) is 2.87. The molecule has 1 rings (SSSR count). The first-order valence-corrected chi connectivity index (χ1v) is 6.48. The molecule has 0 aliphatic carbocycles. The van der Waals surface area contributed by atoms with Crippen molar-refractivity contribution >= 4 is 9.52 Å². The summed E-state index contributed by atoms with van der Waals surface area (Å²) in [5.41, 5.74) is 2.47. The van der Waals surface area contributed by atoms with Crippen molar-refractivity contribution in [3.8, 4) is 0 Å². The molecule has 0 spiro atoms. The molecule has 0 saturated carbocycles. The van der Waals surface area contributed by atoms with Gasteiger partial charge in [-0.1, -0.05) is 57.0 Å². The highest BCUT2D eigenvalue weighted by Gasteiger charge is 2.31. The summed E-state index contributed by atoms with van der Waals surface area (Å²) in [5, 5.41) is 0. The number of hydrogen-bond acceptors (Lipinski definition) is 0. The molecule has 0 amide bonds. The Labute approximate surface area is 67.2 Å². The Morgan fingerprint density at radius 2 is 1.90 bits per heavy atom. The van der Waals surface area contributed by atoms with Crippen molar-refractivity contribution in [3.63, 3.8) is 0 Å². The van der Waals surface area contributed by atoms with E-state index < -0.39 is 0 Å². The molecule has 1 aliphatic rings. The quantitative estimate of drug-likeness (QED) is 0.424. The van der Waals surface area contributed by atoms with Crippen LogP contribution in [0.2, 0.25) is 11.1 Å². The molecule has 2 atom stereocenters. The molecule has 2 unspecified atom stereocenters. The number of hydrogen-bond donors (Lipinski definition) is 0. The fourth-order valence-electron chi connectivity index (χ4n) is 1.63. The van der Waals surface area contributed by atoms with Crippen LogP contribution in [0.15, 0.2) is 0 Å². The average Bonchev–Trinajstić information content (AvgIpc) is 2.60. The SMILES string of the molecule is CCCCCCC1[SiH2]C1C. The number of unbranched alkanes of at least 4 members (excludes halogenated alkanes) is 3. The van der Waals surface area contributed by atoms with Crippen LogP contribution in [-0.2, 0) is 0 Å². The Morgan fingerprint density at radius 1 is 1.20 bits per heavy atom. The summed E-state index contributed by atoms with van der Waals surface area (Å²) >= 11 is 0. The molecule has 60 valence electrons. The maximum atomic E-state index is 2.44. The highest BCUT2D eigenvalue weighted by Crippen LogP contribution is 2.44. The topological polar surface area (TPSA) is 0 Å². The third-order valence-electron chi connectivity index (χ3n) is 2.70. The molecule has 0 aromatic rings. The summed E-state index contributed by atoms with van der Waals surface area (Å²) in [5.74, 6) is 0. The van der Waals surface area contributed by atoms with Crippen molar-refractivity contribution in [2.45, 2.75) is 57.0 Å². The second-order valence-electron chi connectivity index (χ2n) is 3.82. The molecule has 0 radical (unpaired) electrons. The highest BCUT2D eigenvalue weighted by atomic mass is 28.2. The van der Waals surface area contributed by atoms with Crippen LogP contribution in [0.5, 0.6) is 0 Å². The van der Waals surface area contributed by atoms with Crippen molar-refractivity contribution in [2.24, 2.45) is 0 Å². The molecule has 1 aliphatic heterocycles. The predicted octanol–water partition coefficient (Wildman–Crippen LogP) is 2.74. The van der Waals surface area contributed by atoms with Gasteiger partial charge in [0.15, 0.2) is 0 Å². The summed E-state index contributed by atoms with van der Waals surface area (Å²) in [6.45, 7) is 4.73. The van der Waals surface area contributed by atoms with Gasteiger partial charge in [-0.2, -0.15) is 0 Å². The fourth-order valence-corrected chi connectivity index (χ4v) is 3.19. The Bertz CT molecular complexity index is 90.7. The second kappa shape index (κ2) is 4.17. The van der Waals surface area contributed by atoms with Gasteiger partial charge in [0, 0.05) is 9.52 Å². The van der Waals surface area contributed by atoms with Gasteiger partial charge in [0.2, 0.25) is 0 Å². The van der Waals surface area contributed by atoms with Gasteiger partial charge in [-0.25, -0.2) is 0 Å². The summed E-state index contributed by atoms with van der Waals surface area (Å²) in [6, 6.07) is 0. The van der Waals surface area contributed by atoms with Gasteiger partial charge in [-0.05, 0) is 0 Å². The lowest BCUT2D eigenvalue weighted by Gasteiger charge is -1.96. The van der Waals surface area contributed by atoms with E-state index in [-0.39, 0.29) is 0 Å². The first-order valence-electron chi connectivity index (χ1n) is 4.84. The van der Waals surface area contributed by atoms with Crippen LogP contribution < -0.4 is 0 Å². The van der Waals surface area contributed by atoms with E-state index in [0.717, 1.165) is 0 Å². The van der Waals surface area contributed by atoms with Crippen LogP contribution >= 0.6 is 0 Å². The summed E-state index contributed by atoms with van der Waals surface area (Å²) in [6.07, 6.45) is 7.44. The molecule has 1 fully saturated rings. The maximum Gasteiger partial charge on any atom is 0.0260 e. The van der Waals surface area contributed by atoms with Gasteiger partial charge in [0.05, 0.1) is 0 Å². The van der Waals surface area contributed by atoms with E-state index in [1.807, 2.05) is 0 Å². The van der Waals surface area contributed by atoms with Gasteiger partial charge in [0.25, 0.3) is 0 Å². The zero-order chi connectivity index (χ0) is 7.40. The Balaban J connectivity index is 1.78. The first-order chi connectivity index (χ1) is 4.84. The molecule has 0 nitrogen and oxygen atoms in total. The van der Waals surface area contributed by atoms with Crippen LogP contribution in [0.25, 0.3) is 0 Å². The lowest BCUT2D eigenvalue weighted by atomic mass is 10.1. The summed E-state index contributed by atoms with van der Waals surface area (Å²) in [4.78, 5) is 0. The highest BCUT2D eigenvalue weighted by molar-refractivity contribution is 6.53. The minimum absolute atomic E-state index is 0.471. The van der Waals surface area contributed by atoms with Crippen LogP contribution in [0, 0.1) is 0 Å². The molecule has 0 bridgehead atoms. The zero-order valence-electron chi connectivity index (χ0n) is 7.40. The maximum absolute atomic E-state index is 2.44. The minimum atomic E-state index is 0.471. The van der Waals surface area contributed by atoms with E-state index in [2.05, 4.69) is 13.8 Å². The largest absolute Gasteiger partial charge is 0.0654 e. The van der Waals surface area contributed by atoms with Crippen LogP contribution in [0.3, 0.4) is 0 Å². The molecule has 10 heavy (non-hydrogen) atoms. The van der Waals surface area contributed by atoms with E-state index in [9.17, 15) is 0 Å². The molecular weight excluding hydrogens is 136 g/mol. The molecule has 0 aromatic carbocycles. The Morgan fingerprint density at radius 3 is 2.40 bits per heavy atom. The van der Waals surface area contributed by atoms with Crippen molar-refractivity contribution in [1.29, 1.82) is 0 Å². The monoisotopic (exact) mass is 156 g/mol. The van der Waals surface area contributed by atoms with Gasteiger partial charge < -0.3 is 0 Å². The molecule has 1 saturated heterocycles. The lowest BCUT2D eigenvalue weighted by molar-refractivity contribution is 0.628. The summed E-state index contributed by atoms with van der Waals surface area (Å²) in [7, 11) is 0.471. The van der Waals surface area contributed by atoms with Crippen molar-refractivity contribution in [3.05, 3.63) is 0 Å². The van der Waals surface area contributed by atoms with Crippen LogP contribution in [0.1, 0.15) is 46.0 Å². The molecular formula is C9H20Si. The Hall–Kier alpha value is 0.217. The lowest BCUT2D eigenvalue weighted by Crippen LogP contribution is -1.76. The second-order valence-corrected chi connectivity index (χ2v) is 6.63. The van der Waals surface area contributed by atoms with Crippen molar-refractivity contribution < 1.29 is 0 Å². The average molecular weight is 156 g/mol. The van der Waals surface area contributed by atoms with E-state index in [1.165, 1.54) is 36.8 Å². The van der Waals surface area contributed by atoms with Gasteiger partial charge in [-0.15, -0.1) is 0 Å². The smallest absolute Gasteiger partial charge is 0.0260 e. The number of rotatable bonds is 5. The molecule has 1 heteroatoms. The van der Waals surface area contributed by atoms with E-state index in [0.29, 0.717) is 9.52 Å². The molecule has 0 N–H and O–H groups in total. The first kappa shape index (κ1) is 8.31. The van der Waals surface area contributed by atoms with Gasteiger partial charge in [-0.3, -0.25) is 0 Å². The van der Waals surface area contributed by atoms with Crippen LogP contribution in [-0.4, -0.2) is 9.52 Å². The molecule has 1 heterocycles.